The summed E-state index contributed by atoms with van der Waals surface area (Å²) in [7, 11) is 0. The van der Waals surface area contributed by atoms with Crippen LogP contribution in [0.25, 0.3) is 0 Å². The van der Waals surface area contributed by atoms with Crippen LogP contribution in [0.3, 0.4) is 0 Å². The van der Waals surface area contributed by atoms with Crippen molar-refractivity contribution in [1.82, 2.24) is 0 Å². The Bertz CT molecular complexity index is 440. The molecule has 1 amide bonds. The average molecular weight is 278 g/mol. The molecule has 1 aromatic carbocycles. The summed E-state index contributed by atoms with van der Waals surface area (Å²) < 4.78 is 5.63. The minimum atomic E-state index is 0.0166. The van der Waals surface area contributed by atoms with Crippen molar-refractivity contribution in [2.75, 3.05) is 11.9 Å². The molecule has 1 aromatic rings. The number of aryl methyl sites for hydroxylation is 1. The molecular weight excluding hydrogens is 252 g/mol. The zero-order valence-corrected chi connectivity index (χ0v) is 12.9. The zero-order valence-electron chi connectivity index (χ0n) is 12.9. The van der Waals surface area contributed by atoms with E-state index in [0.29, 0.717) is 13.0 Å². The van der Waals surface area contributed by atoms with E-state index in [1.54, 1.807) is 0 Å². The Balaban J connectivity index is 2.66. The van der Waals surface area contributed by atoms with Crippen molar-refractivity contribution in [2.24, 2.45) is 11.7 Å². The highest BCUT2D eigenvalue weighted by atomic mass is 16.5. The quantitative estimate of drug-likeness (QED) is 0.805. The number of hydrogen-bond donors (Lipinski definition) is 2. The van der Waals surface area contributed by atoms with Crippen LogP contribution >= 0.6 is 0 Å². The molecule has 0 saturated carbocycles. The van der Waals surface area contributed by atoms with Crippen LogP contribution in [0.2, 0.25) is 0 Å². The lowest BCUT2D eigenvalue weighted by molar-refractivity contribution is -0.117. The fourth-order valence-electron chi connectivity index (χ4n) is 1.98. The molecule has 3 N–H and O–H groups in total. The first-order valence-corrected chi connectivity index (χ1v) is 7.23. The van der Waals surface area contributed by atoms with Crippen molar-refractivity contribution < 1.29 is 9.53 Å². The first kappa shape index (κ1) is 16.5. The second kappa shape index (κ2) is 7.90. The van der Waals surface area contributed by atoms with Gasteiger partial charge in [0.25, 0.3) is 0 Å². The third-order valence-corrected chi connectivity index (χ3v) is 3.23. The summed E-state index contributed by atoms with van der Waals surface area (Å²) >= 11 is 0. The highest BCUT2D eigenvalue weighted by Gasteiger charge is 2.12. The van der Waals surface area contributed by atoms with Crippen molar-refractivity contribution in [1.29, 1.82) is 0 Å². The first-order valence-electron chi connectivity index (χ1n) is 7.23. The number of nitrogens with one attached hydrogen (secondary N) is 1. The monoisotopic (exact) mass is 278 g/mol. The smallest absolute Gasteiger partial charge is 0.224 e. The molecule has 0 aliphatic rings. The molecule has 4 heteroatoms. The average Bonchev–Trinajstić information content (AvgIpc) is 2.38. The van der Waals surface area contributed by atoms with E-state index in [1.807, 2.05) is 45.9 Å². The van der Waals surface area contributed by atoms with Crippen molar-refractivity contribution in [3.8, 4) is 5.75 Å². The molecule has 1 atom stereocenters. The van der Waals surface area contributed by atoms with Crippen LogP contribution in [-0.2, 0) is 4.79 Å². The molecule has 0 aliphatic heterocycles. The predicted molar refractivity (Wildman–Crippen MR) is 83.0 cm³/mol. The number of hydrogen-bond acceptors (Lipinski definition) is 3. The van der Waals surface area contributed by atoms with E-state index in [0.717, 1.165) is 23.4 Å². The maximum Gasteiger partial charge on any atom is 0.224 e. The van der Waals surface area contributed by atoms with Gasteiger partial charge < -0.3 is 15.8 Å². The second-order valence-electron chi connectivity index (χ2n) is 5.41. The SMILES string of the molecule is CCC(CN)CC(=O)Nc1ccc(OC(C)C)cc1C. The molecule has 112 valence electrons. The number of rotatable bonds is 7. The van der Waals surface area contributed by atoms with E-state index in [1.165, 1.54) is 0 Å². The van der Waals surface area contributed by atoms with E-state index in [-0.39, 0.29) is 17.9 Å². The molecular formula is C16H26N2O2. The molecule has 0 aliphatic carbocycles. The van der Waals surface area contributed by atoms with E-state index in [4.69, 9.17) is 10.5 Å². The first-order chi connectivity index (χ1) is 9.46. The Hall–Kier alpha value is -1.55. The van der Waals surface area contributed by atoms with Gasteiger partial charge in [-0.2, -0.15) is 0 Å². The van der Waals surface area contributed by atoms with Gasteiger partial charge in [-0.1, -0.05) is 13.3 Å². The summed E-state index contributed by atoms with van der Waals surface area (Å²) in [6, 6.07) is 5.70. The zero-order chi connectivity index (χ0) is 15.1. The Morgan fingerprint density at radius 2 is 2.10 bits per heavy atom. The molecule has 0 aromatic heterocycles. The minimum absolute atomic E-state index is 0.0166. The van der Waals surface area contributed by atoms with Gasteiger partial charge in [-0.15, -0.1) is 0 Å². The molecule has 0 spiro atoms. The molecule has 0 bridgehead atoms. The van der Waals surface area contributed by atoms with Gasteiger partial charge in [0.2, 0.25) is 5.91 Å². The number of amides is 1. The Morgan fingerprint density at radius 1 is 1.40 bits per heavy atom. The van der Waals surface area contributed by atoms with Crippen molar-refractivity contribution in [3.05, 3.63) is 23.8 Å². The highest BCUT2D eigenvalue weighted by Crippen LogP contribution is 2.22. The molecule has 20 heavy (non-hydrogen) atoms. The molecule has 0 radical (unpaired) electrons. The summed E-state index contributed by atoms with van der Waals surface area (Å²) in [5, 5.41) is 2.94. The van der Waals surface area contributed by atoms with Gasteiger partial charge in [0.15, 0.2) is 0 Å². The number of ether oxygens (including phenoxy) is 1. The minimum Gasteiger partial charge on any atom is -0.491 e. The Morgan fingerprint density at radius 3 is 2.60 bits per heavy atom. The van der Waals surface area contributed by atoms with Crippen LogP contribution in [0.1, 0.15) is 39.2 Å². The van der Waals surface area contributed by atoms with Gasteiger partial charge in [-0.05, 0) is 57.0 Å². The van der Waals surface area contributed by atoms with Crippen molar-refractivity contribution in [3.63, 3.8) is 0 Å². The number of carbonyl (C=O) groups is 1. The number of anilines is 1. The second-order valence-corrected chi connectivity index (χ2v) is 5.41. The third kappa shape index (κ3) is 5.21. The Labute approximate surface area is 121 Å². The topological polar surface area (TPSA) is 64.4 Å². The van der Waals surface area contributed by atoms with Crippen LogP contribution < -0.4 is 15.8 Å². The lowest BCUT2D eigenvalue weighted by Crippen LogP contribution is -2.22. The number of nitrogens with two attached hydrogens (primary N) is 1. The molecule has 0 heterocycles. The molecule has 1 rings (SSSR count). The van der Waals surface area contributed by atoms with Gasteiger partial charge in [-0.3, -0.25) is 4.79 Å². The van der Waals surface area contributed by atoms with Crippen molar-refractivity contribution in [2.45, 2.75) is 46.6 Å². The standard InChI is InChI=1S/C16H26N2O2/c1-5-13(10-17)9-16(19)18-15-7-6-14(8-12(15)4)20-11(2)3/h6-8,11,13H,5,9-10,17H2,1-4H3,(H,18,19). The van der Waals surface area contributed by atoms with Gasteiger partial charge >= 0.3 is 0 Å². The molecule has 4 nitrogen and oxygen atoms in total. The van der Waals surface area contributed by atoms with Gasteiger partial charge in [0.1, 0.15) is 5.75 Å². The largest absolute Gasteiger partial charge is 0.491 e. The highest BCUT2D eigenvalue weighted by molar-refractivity contribution is 5.91. The fraction of sp³-hybridized carbons (Fsp3) is 0.562. The van der Waals surface area contributed by atoms with Crippen LogP contribution in [0.5, 0.6) is 5.75 Å². The molecule has 1 unspecified atom stereocenters. The summed E-state index contributed by atoms with van der Waals surface area (Å²) in [6.45, 7) is 8.53. The van der Waals surface area contributed by atoms with Crippen LogP contribution in [0, 0.1) is 12.8 Å². The fourth-order valence-corrected chi connectivity index (χ4v) is 1.98. The maximum absolute atomic E-state index is 12.0. The summed E-state index contributed by atoms with van der Waals surface area (Å²) in [5.74, 6) is 1.09. The normalized spacial score (nSPS) is 12.3. The van der Waals surface area contributed by atoms with Gasteiger partial charge in [0.05, 0.1) is 6.10 Å². The predicted octanol–water partition coefficient (Wildman–Crippen LogP) is 3.10. The summed E-state index contributed by atoms with van der Waals surface area (Å²) in [5.41, 5.74) is 7.45. The summed E-state index contributed by atoms with van der Waals surface area (Å²) in [6.07, 6.45) is 1.53. The molecule has 0 fully saturated rings. The third-order valence-electron chi connectivity index (χ3n) is 3.23. The maximum atomic E-state index is 12.0. The Kier molecular flexibility index (Phi) is 6.52. The van der Waals surface area contributed by atoms with E-state index >= 15 is 0 Å². The lowest BCUT2D eigenvalue weighted by Gasteiger charge is -2.15. The van der Waals surface area contributed by atoms with Crippen molar-refractivity contribution >= 4 is 11.6 Å². The van der Waals surface area contributed by atoms with Crippen LogP contribution in [0.4, 0.5) is 5.69 Å². The number of carbonyl (C=O) groups excluding carboxylic acids is 1. The summed E-state index contributed by atoms with van der Waals surface area (Å²) in [4.78, 5) is 12.0. The van der Waals surface area contributed by atoms with Crippen LogP contribution in [-0.4, -0.2) is 18.6 Å². The molecule has 0 saturated heterocycles. The van der Waals surface area contributed by atoms with Gasteiger partial charge in [0, 0.05) is 12.1 Å². The van der Waals surface area contributed by atoms with E-state index < -0.39 is 0 Å². The number of benzene rings is 1. The van der Waals surface area contributed by atoms with Gasteiger partial charge in [-0.25, -0.2) is 0 Å². The van der Waals surface area contributed by atoms with Crippen LogP contribution in [0.15, 0.2) is 18.2 Å². The van der Waals surface area contributed by atoms with E-state index in [9.17, 15) is 4.79 Å². The lowest BCUT2D eigenvalue weighted by atomic mass is 10.0. The van der Waals surface area contributed by atoms with E-state index in [2.05, 4.69) is 5.32 Å².